The van der Waals surface area contributed by atoms with Crippen molar-refractivity contribution >= 4 is 34.8 Å². The molecule has 0 saturated heterocycles. The fraction of sp³-hybridized carbons (Fsp3) is 0.250. The lowest BCUT2D eigenvalue weighted by molar-refractivity contribution is 0.254. The van der Waals surface area contributed by atoms with Gasteiger partial charge in [-0.15, -0.1) is 11.6 Å². The molecule has 104 valence electrons. The van der Waals surface area contributed by atoms with Crippen molar-refractivity contribution in [2.75, 3.05) is 0 Å². The van der Waals surface area contributed by atoms with Crippen LogP contribution in [0.15, 0.2) is 36.4 Å². The highest BCUT2D eigenvalue weighted by atomic mass is 35.5. The second-order valence-corrected chi connectivity index (χ2v) is 6.29. The summed E-state index contributed by atoms with van der Waals surface area (Å²) in [6.45, 7) is 2.07. The summed E-state index contributed by atoms with van der Waals surface area (Å²) in [5.74, 6) is 0.958. The van der Waals surface area contributed by atoms with Crippen molar-refractivity contribution in [1.82, 2.24) is 0 Å². The molecule has 4 heteroatoms. The molecule has 1 aliphatic heterocycles. The van der Waals surface area contributed by atoms with Gasteiger partial charge in [0.25, 0.3) is 0 Å². The molecule has 0 bridgehead atoms. The zero-order valence-corrected chi connectivity index (χ0v) is 13.1. The molecule has 0 spiro atoms. The molecular weight excluding hydrogens is 315 g/mol. The van der Waals surface area contributed by atoms with Crippen LogP contribution in [0.2, 0.25) is 10.0 Å². The molecule has 0 saturated carbocycles. The molecule has 0 radical (unpaired) electrons. The number of rotatable bonds is 2. The predicted octanol–water partition coefficient (Wildman–Crippen LogP) is 5.65. The maximum Gasteiger partial charge on any atom is 0.123 e. The fourth-order valence-electron chi connectivity index (χ4n) is 2.46. The summed E-state index contributed by atoms with van der Waals surface area (Å²) in [5, 5.41) is 0.814. The van der Waals surface area contributed by atoms with E-state index in [1.807, 2.05) is 24.3 Å². The molecule has 2 aromatic rings. The van der Waals surface area contributed by atoms with Crippen molar-refractivity contribution in [3.63, 3.8) is 0 Å². The first-order chi connectivity index (χ1) is 9.54. The second-order valence-electron chi connectivity index (χ2n) is 5.04. The van der Waals surface area contributed by atoms with E-state index in [1.54, 1.807) is 6.07 Å². The van der Waals surface area contributed by atoms with E-state index < -0.39 is 0 Å². The zero-order valence-electron chi connectivity index (χ0n) is 10.9. The average Bonchev–Trinajstić information content (AvgIpc) is 2.80. The van der Waals surface area contributed by atoms with E-state index in [1.165, 1.54) is 5.56 Å². The van der Waals surface area contributed by atoms with Gasteiger partial charge in [0, 0.05) is 6.42 Å². The number of ether oxygens (including phenoxy) is 1. The maximum atomic E-state index is 6.55. The number of fused-ring (bicyclic) bond motifs is 1. The van der Waals surface area contributed by atoms with Crippen LogP contribution in [-0.4, -0.2) is 6.10 Å². The average molecular weight is 328 g/mol. The van der Waals surface area contributed by atoms with Crippen LogP contribution in [0.3, 0.4) is 0 Å². The first kappa shape index (κ1) is 14.1. The molecule has 20 heavy (non-hydrogen) atoms. The standard InChI is InChI=1S/C16H13Cl3O/c1-9-6-12-7-10(3-5-15(12)20-9)16(19)11-2-4-13(17)14(18)8-11/h2-5,7-9,16H,6H2,1H3. The molecule has 1 heterocycles. The number of benzene rings is 2. The van der Waals surface area contributed by atoms with Gasteiger partial charge in [-0.2, -0.15) is 0 Å². The van der Waals surface area contributed by atoms with Crippen molar-refractivity contribution < 1.29 is 4.74 Å². The Bertz CT molecular complexity index is 654. The SMILES string of the molecule is CC1Cc2cc(C(Cl)c3ccc(Cl)c(Cl)c3)ccc2O1. The van der Waals surface area contributed by atoms with Gasteiger partial charge in [0.05, 0.1) is 15.4 Å². The second kappa shape index (κ2) is 5.48. The van der Waals surface area contributed by atoms with E-state index >= 15 is 0 Å². The third-order valence-corrected chi connectivity index (χ3v) is 4.69. The molecule has 2 unspecified atom stereocenters. The summed E-state index contributed by atoms with van der Waals surface area (Å²) in [6, 6.07) is 11.6. The van der Waals surface area contributed by atoms with Crippen molar-refractivity contribution in [2.45, 2.75) is 24.8 Å². The van der Waals surface area contributed by atoms with E-state index in [9.17, 15) is 0 Å². The summed E-state index contributed by atoms with van der Waals surface area (Å²) in [6.07, 6.45) is 1.16. The van der Waals surface area contributed by atoms with Gasteiger partial charge in [-0.05, 0) is 41.8 Å². The summed E-state index contributed by atoms with van der Waals surface area (Å²) in [4.78, 5) is 0. The Labute approximate surface area is 133 Å². The predicted molar refractivity (Wildman–Crippen MR) is 84.4 cm³/mol. The third kappa shape index (κ3) is 2.63. The number of hydrogen-bond donors (Lipinski definition) is 0. The Hall–Kier alpha value is -0.890. The molecule has 2 atom stereocenters. The van der Waals surface area contributed by atoms with Crippen LogP contribution in [0.25, 0.3) is 0 Å². The van der Waals surface area contributed by atoms with Crippen LogP contribution < -0.4 is 4.74 Å². The lowest BCUT2D eigenvalue weighted by Gasteiger charge is -2.12. The molecule has 0 N–H and O–H groups in total. The van der Waals surface area contributed by atoms with E-state index in [4.69, 9.17) is 39.5 Å². The maximum absolute atomic E-state index is 6.55. The molecule has 2 aromatic carbocycles. The highest BCUT2D eigenvalue weighted by Gasteiger charge is 2.21. The van der Waals surface area contributed by atoms with Gasteiger partial charge in [-0.25, -0.2) is 0 Å². The van der Waals surface area contributed by atoms with Crippen molar-refractivity contribution in [2.24, 2.45) is 0 Å². The molecule has 0 fully saturated rings. The molecule has 0 amide bonds. The summed E-state index contributed by atoms with van der Waals surface area (Å²) >= 11 is 18.5. The summed E-state index contributed by atoms with van der Waals surface area (Å²) in [5.41, 5.74) is 3.19. The van der Waals surface area contributed by atoms with Crippen LogP contribution in [0.1, 0.15) is 29.0 Å². The van der Waals surface area contributed by atoms with Crippen LogP contribution in [0.4, 0.5) is 0 Å². The minimum atomic E-state index is -0.244. The van der Waals surface area contributed by atoms with E-state index in [0.717, 1.165) is 23.3 Å². The zero-order chi connectivity index (χ0) is 14.3. The van der Waals surface area contributed by atoms with Gasteiger partial charge in [0.2, 0.25) is 0 Å². The quantitative estimate of drug-likeness (QED) is 0.648. The van der Waals surface area contributed by atoms with Gasteiger partial charge >= 0.3 is 0 Å². The van der Waals surface area contributed by atoms with Crippen molar-refractivity contribution in [1.29, 1.82) is 0 Å². The van der Waals surface area contributed by atoms with Crippen LogP contribution >= 0.6 is 34.8 Å². The van der Waals surface area contributed by atoms with Crippen LogP contribution in [0.5, 0.6) is 5.75 Å². The smallest absolute Gasteiger partial charge is 0.123 e. The Balaban J connectivity index is 1.93. The third-order valence-electron chi connectivity index (χ3n) is 3.45. The van der Waals surface area contributed by atoms with E-state index in [-0.39, 0.29) is 11.5 Å². The lowest BCUT2D eigenvalue weighted by Crippen LogP contribution is -2.05. The van der Waals surface area contributed by atoms with Gasteiger partial charge in [0.15, 0.2) is 0 Å². The Morgan fingerprint density at radius 1 is 1.05 bits per heavy atom. The van der Waals surface area contributed by atoms with Crippen LogP contribution in [0, 0.1) is 0 Å². The fourth-order valence-corrected chi connectivity index (χ4v) is 3.04. The van der Waals surface area contributed by atoms with Gasteiger partial charge in [-0.1, -0.05) is 41.4 Å². The molecule has 0 aromatic heterocycles. The number of alkyl halides is 1. The minimum Gasteiger partial charge on any atom is -0.490 e. The first-order valence-electron chi connectivity index (χ1n) is 6.43. The Morgan fingerprint density at radius 3 is 2.50 bits per heavy atom. The largest absolute Gasteiger partial charge is 0.490 e. The molecule has 0 aliphatic carbocycles. The molecule has 1 aliphatic rings. The molecule has 1 nitrogen and oxygen atoms in total. The molecule has 3 rings (SSSR count). The Kier molecular flexibility index (Phi) is 3.85. The highest BCUT2D eigenvalue weighted by Crippen LogP contribution is 2.36. The minimum absolute atomic E-state index is 0.235. The monoisotopic (exact) mass is 326 g/mol. The van der Waals surface area contributed by atoms with Crippen molar-refractivity contribution in [3.8, 4) is 5.75 Å². The lowest BCUT2D eigenvalue weighted by atomic mass is 10.0. The topological polar surface area (TPSA) is 9.23 Å². The van der Waals surface area contributed by atoms with Gasteiger partial charge in [-0.3, -0.25) is 0 Å². The van der Waals surface area contributed by atoms with Gasteiger partial charge in [0.1, 0.15) is 11.9 Å². The molecular formula is C16H13Cl3O. The highest BCUT2D eigenvalue weighted by molar-refractivity contribution is 6.42. The van der Waals surface area contributed by atoms with Gasteiger partial charge < -0.3 is 4.74 Å². The number of hydrogen-bond acceptors (Lipinski definition) is 1. The van der Waals surface area contributed by atoms with Crippen LogP contribution in [-0.2, 0) is 6.42 Å². The Morgan fingerprint density at radius 2 is 1.75 bits per heavy atom. The number of halogens is 3. The normalized spacial score (nSPS) is 18.5. The van der Waals surface area contributed by atoms with Crippen molar-refractivity contribution in [3.05, 3.63) is 63.1 Å². The van der Waals surface area contributed by atoms with E-state index in [2.05, 4.69) is 13.0 Å². The van der Waals surface area contributed by atoms with E-state index in [0.29, 0.717) is 10.0 Å². The summed E-state index contributed by atoms with van der Waals surface area (Å²) in [7, 11) is 0. The summed E-state index contributed by atoms with van der Waals surface area (Å²) < 4.78 is 5.70. The first-order valence-corrected chi connectivity index (χ1v) is 7.62.